The summed E-state index contributed by atoms with van der Waals surface area (Å²) in [5.74, 6) is 0. The number of methoxy groups -OCH3 is 1. The molecule has 0 aliphatic rings. The molecule has 114 valence electrons. The average molecular weight is 289 g/mol. The number of nitrogens with one attached hydrogen (secondary N) is 1. The smallest absolute Gasteiger partial charge is 0.377 e. The summed E-state index contributed by atoms with van der Waals surface area (Å²) in [5, 5.41) is 3.28. The summed E-state index contributed by atoms with van der Waals surface area (Å²) in [6.07, 6.45) is -4.31. The van der Waals surface area contributed by atoms with Crippen LogP contribution in [-0.2, 0) is 10.9 Å². The summed E-state index contributed by atoms with van der Waals surface area (Å²) in [6, 6.07) is 3.68. The Balaban J connectivity index is 3.23. The van der Waals surface area contributed by atoms with E-state index in [-0.39, 0.29) is 6.04 Å². The maximum absolute atomic E-state index is 12.7. The number of aryl methyl sites for hydroxylation is 1. The van der Waals surface area contributed by atoms with E-state index < -0.39 is 17.3 Å². The van der Waals surface area contributed by atoms with Gasteiger partial charge in [-0.05, 0) is 50.6 Å². The molecule has 1 unspecified atom stereocenters. The number of likely N-dealkylation sites (N-methyl/N-ethyl adjacent to an activating group) is 1. The number of rotatable bonds is 5. The summed E-state index contributed by atoms with van der Waals surface area (Å²) in [5.41, 5.74) is 0.298. The Morgan fingerprint density at radius 1 is 1.25 bits per heavy atom. The number of benzene rings is 1. The molecule has 0 saturated heterocycles. The monoisotopic (exact) mass is 289 g/mol. The summed E-state index contributed by atoms with van der Waals surface area (Å²) in [7, 11) is 1.60. The molecular weight excluding hydrogens is 267 g/mol. The SMILES string of the molecule is CCNC(c1ccc(C(F)(F)F)cc1C)C(C)(C)OC. The number of hydrogen-bond acceptors (Lipinski definition) is 2. The Morgan fingerprint density at radius 2 is 1.85 bits per heavy atom. The van der Waals surface area contributed by atoms with Crippen molar-refractivity contribution in [3.63, 3.8) is 0 Å². The minimum atomic E-state index is -4.31. The molecule has 1 aromatic carbocycles. The van der Waals surface area contributed by atoms with Gasteiger partial charge >= 0.3 is 6.18 Å². The van der Waals surface area contributed by atoms with Crippen molar-refractivity contribution in [3.8, 4) is 0 Å². The highest BCUT2D eigenvalue weighted by Gasteiger charge is 2.34. The second kappa shape index (κ2) is 6.14. The van der Waals surface area contributed by atoms with Crippen LogP contribution in [0.4, 0.5) is 13.2 Å². The molecule has 0 fully saturated rings. The van der Waals surface area contributed by atoms with Crippen LogP contribution in [0, 0.1) is 6.92 Å². The van der Waals surface area contributed by atoms with Crippen molar-refractivity contribution in [1.29, 1.82) is 0 Å². The van der Waals surface area contributed by atoms with Crippen molar-refractivity contribution < 1.29 is 17.9 Å². The molecule has 1 atom stereocenters. The summed E-state index contributed by atoms with van der Waals surface area (Å²) < 4.78 is 43.6. The maximum Gasteiger partial charge on any atom is 0.416 e. The van der Waals surface area contributed by atoms with E-state index in [0.717, 1.165) is 11.6 Å². The minimum absolute atomic E-state index is 0.167. The van der Waals surface area contributed by atoms with Crippen LogP contribution in [0.1, 0.15) is 43.5 Å². The fourth-order valence-electron chi connectivity index (χ4n) is 2.23. The normalized spacial score (nSPS) is 14.4. The van der Waals surface area contributed by atoms with Gasteiger partial charge in [-0.15, -0.1) is 0 Å². The fourth-order valence-corrected chi connectivity index (χ4v) is 2.23. The quantitative estimate of drug-likeness (QED) is 0.881. The lowest BCUT2D eigenvalue weighted by Crippen LogP contribution is -2.41. The van der Waals surface area contributed by atoms with Crippen LogP contribution in [0.25, 0.3) is 0 Å². The lowest BCUT2D eigenvalue weighted by atomic mass is 9.88. The third kappa shape index (κ3) is 3.73. The Labute approximate surface area is 118 Å². The van der Waals surface area contributed by atoms with Crippen molar-refractivity contribution >= 4 is 0 Å². The maximum atomic E-state index is 12.7. The average Bonchev–Trinajstić information content (AvgIpc) is 2.35. The van der Waals surface area contributed by atoms with E-state index in [2.05, 4.69) is 5.32 Å². The second-order valence-corrected chi connectivity index (χ2v) is 5.37. The van der Waals surface area contributed by atoms with E-state index in [1.54, 1.807) is 14.0 Å². The zero-order valence-corrected chi connectivity index (χ0v) is 12.6. The van der Waals surface area contributed by atoms with Crippen LogP contribution >= 0.6 is 0 Å². The van der Waals surface area contributed by atoms with Gasteiger partial charge in [0.2, 0.25) is 0 Å². The third-order valence-corrected chi connectivity index (χ3v) is 3.54. The van der Waals surface area contributed by atoms with Crippen LogP contribution in [0.3, 0.4) is 0 Å². The van der Waals surface area contributed by atoms with Crippen molar-refractivity contribution in [2.45, 2.75) is 45.5 Å². The lowest BCUT2D eigenvalue weighted by molar-refractivity contribution is -0.137. The van der Waals surface area contributed by atoms with Gasteiger partial charge < -0.3 is 10.1 Å². The number of halogens is 3. The first-order valence-electron chi connectivity index (χ1n) is 6.59. The van der Waals surface area contributed by atoms with Crippen LogP contribution in [-0.4, -0.2) is 19.3 Å². The first-order chi connectivity index (χ1) is 9.13. The van der Waals surface area contributed by atoms with Gasteiger partial charge in [0.25, 0.3) is 0 Å². The zero-order chi connectivity index (χ0) is 15.6. The Kier molecular flexibility index (Phi) is 5.21. The Morgan fingerprint density at radius 3 is 2.25 bits per heavy atom. The van der Waals surface area contributed by atoms with Gasteiger partial charge in [-0.1, -0.05) is 13.0 Å². The third-order valence-electron chi connectivity index (χ3n) is 3.54. The highest BCUT2D eigenvalue weighted by molar-refractivity contribution is 5.36. The fraction of sp³-hybridized carbons (Fsp3) is 0.600. The molecule has 1 aromatic rings. The first kappa shape index (κ1) is 17.0. The zero-order valence-electron chi connectivity index (χ0n) is 12.6. The number of hydrogen-bond donors (Lipinski definition) is 1. The van der Waals surface area contributed by atoms with Gasteiger partial charge in [-0.25, -0.2) is 0 Å². The van der Waals surface area contributed by atoms with Gasteiger partial charge in [-0.2, -0.15) is 13.2 Å². The van der Waals surface area contributed by atoms with Crippen LogP contribution < -0.4 is 5.32 Å². The van der Waals surface area contributed by atoms with Crippen molar-refractivity contribution in [3.05, 3.63) is 34.9 Å². The predicted octanol–water partition coefficient (Wildman–Crippen LogP) is 4.09. The van der Waals surface area contributed by atoms with Crippen molar-refractivity contribution in [2.24, 2.45) is 0 Å². The van der Waals surface area contributed by atoms with Crippen LogP contribution in [0.15, 0.2) is 18.2 Å². The van der Waals surface area contributed by atoms with Gasteiger partial charge in [0.1, 0.15) is 0 Å². The Bertz CT molecular complexity index is 455. The molecule has 0 radical (unpaired) electrons. The van der Waals surface area contributed by atoms with Crippen LogP contribution in [0.5, 0.6) is 0 Å². The van der Waals surface area contributed by atoms with Gasteiger partial charge in [0.05, 0.1) is 17.2 Å². The van der Waals surface area contributed by atoms with Crippen molar-refractivity contribution in [1.82, 2.24) is 5.32 Å². The van der Waals surface area contributed by atoms with E-state index in [1.807, 2.05) is 20.8 Å². The topological polar surface area (TPSA) is 21.3 Å². The van der Waals surface area contributed by atoms with E-state index in [4.69, 9.17) is 4.74 Å². The second-order valence-electron chi connectivity index (χ2n) is 5.37. The molecule has 0 aliphatic carbocycles. The molecule has 0 spiro atoms. The van der Waals surface area contributed by atoms with Gasteiger partial charge in [0, 0.05) is 7.11 Å². The molecule has 0 heterocycles. The summed E-state index contributed by atoms with van der Waals surface area (Å²) in [4.78, 5) is 0. The number of ether oxygens (including phenoxy) is 1. The lowest BCUT2D eigenvalue weighted by Gasteiger charge is -2.35. The van der Waals surface area contributed by atoms with Crippen molar-refractivity contribution in [2.75, 3.05) is 13.7 Å². The predicted molar refractivity (Wildman–Crippen MR) is 73.7 cm³/mol. The molecule has 5 heteroatoms. The molecule has 0 saturated carbocycles. The molecule has 0 bridgehead atoms. The summed E-state index contributed by atoms with van der Waals surface area (Å²) in [6.45, 7) is 8.19. The standard InChI is InChI=1S/C15H22F3NO/c1-6-19-13(14(3,4)20-5)12-8-7-11(9-10(12)2)15(16,17)18/h7-9,13,19H,6H2,1-5H3. The molecule has 2 nitrogen and oxygen atoms in total. The van der Waals surface area contributed by atoms with E-state index in [9.17, 15) is 13.2 Å². The largest absolute Gasteiger partial charge is 0.416 e. The van der Waals surface area contributed by atoms with E-state index in [1.165, 1.54) is 12.1 Å². The van der Waals surface area contributed by atoms with E-state index in [0.29, 0.717) is 12.1 Å². The molecule has 0 aromatic heterocycles. The van der Waals surface area contributed by atoms with Crippen LogP contribution in [0.2, 0.25) is 0 Å². The highest BCUT2D eigenvalue weighted by Crippen LogP contribution is 2.35. The molecule has 0 amide bonds. The van der Waals surface area contributed by atoms with E-state index >= 15 is 0 Å². The molecular formula is C15H22F3NO. The van der Waals surface area contributed by atoms with Gasteiger partial charge in [0.15, 0.2) is 0 Å². The minimum Gasteiger partial charge on any atom is -0.377 e. The molecule has 0 aliphatic heterocycles. The van der Waals surface area contributed by atoms with Gasteiger partial charge in [-0.3, -0.25) is 0 Å². The molecule has 20 heavy (non-hydrogen) atoms. The highest BCUT2D eigenvalue weighted by atomic mass is 19.4. The number of alkyl halides is 3. The first-order valence-corrected chi connectivity index (χ1v) is 6.59. The summed E-state index contributed by atoms with van der Waals surface area (Å²) >= 11 is 0. The Hall–Kier alpha value is -1.07. The molecule has 1 N–H and O–H groups in total. The molecule has 1 rings (SSSR count).